The van der Waals surface area contributed by atoms with E-state index in [0.717, 1.165) is 23.5 Å². The third-order valence-corrected chi connectivity index (χ3v) is 10.9. The van der Waals surface area contributed by atoms with Crippen molar-refractivity contribution in [2.24, 2.45) is 28.6 Å². The van der Waals surface area contributed by atoms with Gasteiger partial charge in [-0.05, 0) is 85.0 Å². The molecule has 4 aliphatic rings. The maximum Gasteiger partial charge on any atom is 0.259 e. The summed E-state index contributed by atoms with van der Waals surface area (Å²) in [6.45, 7) is 4.82. The van der Waals surface area contributed by atoms with Crippen molar-refractivity contribution >= 4 is 11.8 Å². The van der Waals surface area contributed by atoms with Crippen LogP contribution in [0.3, 0.4) is 0 Å². The molecule has 0 spiro atoms. The molecule has 3 aliphatic carbocycles. The van der Waals surface area contributed by atoms with Gasteiger partial charge in [-0.3, -0.25) is 9.59 Å². The van der Waals surface area contributed by atoms with Crippen LogP contribution in [-0.4, -0.2) is 34.9 Å². The van der Waals surface area contributed by atoms with Crippen molar-refractivity contribution < 1.29 is 14.7 Å². The number of nitrogens with zero attached hydrogens (tertiary/aromatic N) is 1. The minimum Gasteiger partial charge on any atom is -0.508 e. The predicted octanol–water partition coefficient (Wildman–Crippen LogP) is 6.00. The molecule has 7 atom stereocenters. The molecule has 0 saturated heterocycles. The van der Waals surface area contributed by atoms with Crippen LogP contribution < -0.4 is 5.32 Å². The molecule has 1 aliphatic heterocycles. The zero-order valence-electron chi connectivity index (χ0n) is 22.8. The van der Waals surface area contributed by atoms with E-state index < -0.39 is 6.04 Å². The van der Waals surface area contributed by atoms with E-state index in [1.54, 1.807) is 12.1 Å². The van der Waals surface area contributed by atoms with E-state index in [-0.39, 0.29) is 34.6 Å². The van der Waals surface area contributed by atoms with E-state index in [9.17, 15) is 14.7 Å². The van der Waals surface area contributed by atoms with Crippen molar-refractivity contribution in [1.82, 2.24) is 10.2 Å². The minimum absolute atomic E-state index is 0.139. The molecular formula is C33H40N2O3. The summed E-state index contributed by atoms with van der Waals surface area (Å²) < 4.78 is 0. The molecule has 0 radical (unpaired) electrons. The van der Waals surface area contributed by atoms with Crippen LogP contribution in [0.15, 0.2) is 66.2 Å². The Labute approximate surface area is 226 Å². The molecule has 3 saturated carbocycles. The minimum atomic E-state index is -0.429. The Morgan fingerprint density at radius 2 is 1.66 bits per heavy atom. The molecule has 2 N–H and O–H groups in total. The molecule has 5 nitrogen and oxygen atoms in total. The lowest BCUT2D eigenvalue weighted by atomic mass is 9.48. The fraction of sp³-hybridized carbons (Fsp3) is 0.515. The van der Waals surface area contributed by atoms with Crippen LogP contribution in [0.1, 0.15) is 76.0 Å². The number of benzene rings is 2. The van der Waals surface area contributed by atoms with Gasteiger partial charge in [0.2, 0.25) is 0 Å². The Morgan fingerprint density at radius 3 is 2.39 bits per heavy atom. The Balaban J connectivity index is 1.34. The SMILES string of the molecule is CN1C(=O)C(C(=O)NC(c2ccccc2)c2ccc(O)cc2)=C[C@@]2(C)C1CC[C@@H]1[C@H]2CC[C@]2(C)CCC[C@@H]12. The number of phenolic OH excluding ortho intramolecular Hbond substituents is 1. The van der Waals surface area contributed by atoms with Crippen LogP contribution in [0, 0.1) is 28.6 Å². The number of phenols is 1. The highest BCUT2D eigenvalue weighted by molar-refractivity contribution is 6.19. The summed E-state index contributed by atoms with van der Waals surface area (Å²) in [6.07, 6.45) is 10.7. The summed E-state index contributed by atoms with van der Waals surface area (Å²) in [6, 6.07) is 16.4. The van der Waals surface area contributed by atoms with Crippen LogP contribution >= 0.6 is 0 Å². The Kier molecular flexibility index (Phi) is 6.16. The van der Waals surface area contributed by atoms with Crippen LogP contribution in [0.5, 0.6) is 5.75 Å². The van der Waals surface area contributed by atoms with Gasteiger partial charge in [0.1, 0.15) is 11.3 Å². The number of likely N-dealkylation sites (N-methyl/N-ethyl adjacent to an activating group) is 1. The zero-order chi connectivity index (χ0) is 26.7. The van der Waals surface area contributed by atoms with Crippen molar-refractivity contribution in [2.75, 3.05) is 7.05 Å². The summed E-state index contributed by atoms with van der Waals surface area (Å²) in [5.41, 5.74) is 2.32. The molecule has 38 heavy (non-hydrogen) atoms. The lowest BCUT2D eigenvalue weighted by molar-refractivity contribution is -0.141. The van der Waals surface area contributed by atoms with E-state index in [0.29, 0.717) is 17.3 Å². The van der Waals surface area contributed by atoms with Gasteiger partial charge in [0.15, 0.2) is 0 Å². The number of aromatic hydroxyl groups is 1. The fourth-order valence-electron chi connectivity index (χ4n) is 8.93. The van der Waals surface area contributed by atoms with Crippen LogP contribution in [0.25, 0.3) is 0 Å². The van der Waals surface area contributed by atoms with Gasteiger partial charge in [-0.2, -0.15) is 0 Å². The third-order valence-electron chi connectivity index (χ3n) is 10.9. The van der Waals surface area contributed by atoms with E-state index in [2.05, 4.69) is 25.2 Å². The second-order valence-electron chi connectivity index (χ2n) is 12.8. The largest absolute Gasteiger partial charge is 0.508 e. The number of amides is 2. The number of rotatable bonds is 4. The summed E-state index contributed by atoms with van der Waals surface area (Å²) in [5, 5.41) is 13.0. The van der Waals surface area contributed by atoms with Gasteiger partial charge in [0.25, 0.3) is 11.8 Å². The summed E-state index contributed by atoms with van der Waals surface area (Å²) in [7, 11) is 1.89. The van der Waals surface area contributed by atoms with E-state index in [1.165, 1.54) is 38.5 Å². The van der Waals surface area contributed by atoms with Gasteiger partial charge in [-0.15, -0.1) is 0 Å². The zero-order valence-corrected chi connectivity index (χ0v) is 22.8. The van der Waals surface area contributed by atoms with Crippen LogP contribution in [0.2, 0.25) is 0 Å². The second-order valence-corrected chi connectivity index (χ2v) is 12.8. The second kappa shape index (κ2) is 9.29. The van der Waals surface area contributed by atoms with Crippen molar-refractivity contribution in [2.45, 2.75) is 70.9 Å². The first-order valence-electron chi connectivity index (χ1n) is 14.4. The molecule has 0 bridgehead atoms. The molecule has 2 unspecified atom stereocenters. The highest BCUT2D eigenvalue weighted by Crippen LogP contribution is 2.64. The number of carbonyl (C=O) groups is 2. The predicted molar refractivity (Wildman–Crippen MR) is 148 cm³/mol. The highest BCUT2D eigenvalue weighted by Gasteiger charge is 2.59. The molecule has 2 amide bonds. The van der Waals surface area contributed by atoms with E-state index in [4.69, 9.17) is 0 Å². The molecule has 3 fully saturated rings. The van der Waals surface area contributed by atoms with Crippen molar-refractivity contribution in [1.29, 1.82) is 0 Å². The van der Waals surface area contributed by atoms with Crippen LogP contribution in [0.4, 0.5) is 0 Å². The molecule has 2 aromatic rings. The lowest BCUT2D eigenvalue weighted by Gasteiger charge is -2.60. The van der Waals surface area contributed by atoms with Crippen molar-refractivity contribution in [3.05, 3.63) is 77.4 Å². The summed E-state index contributed by atoms with van der Waals surface area (Å²) in [4.78, 5) is 29.4. The first kappa shape index (κ1) is 25.2. The van der Waals surface area contributed by atoms with Crippen LogP contribution in [-0.2, 0) is 9.59 Å². The van der Waals surface area contributed by atoms with Gasteiger partial charge >= 0.3 is 0 Å². The maximum atomic E-state index is 13.9. The molecule has 2 aromatic carbocycles. The topological polar surface area (TPSA) is 69.6 Å². The molecule has 200 valence electrons. The normalized spacial score (nSPS) is 35.0. The summed E-state index contributed by atoms with van der Waals surface area (Å²) >= 11 is 0. The average Bonchev–Trinajstić information content (AvgIpc) is 3.32. The van der Waals surface area contributed by atoms with Crippen molar-refractivity contribution in [3.8, 4) is 5.75 Å². The Morgan fingerprint density at radius 1 is 0.947 bits per heavy atom. The first-order chi connectivity index (χ1) is 18.2. The van der Waals surface area contributed by atoms with Gasteiger partial charge < -0.3 is 15.3 Å². The lowest BCUT2D eigenvalue weighted by Crippen LogP contribution is -2.61. The average molecular weight is 513 g/mol. The van der Waals surface area contributed by atoms with Gasteiger partial charge in [0, 0.05) is 18.5 Å². The molecule has 5 heteroatoms. The standard InChI is InChI=1S/C33H40N2O3/c1-32-18-7-10-26(32)24-15-16-28-33(2,27(24)17-19-32)20-25(31(38)35(28)3)30(37)34-29(21-8-5-4-6-9-21)22-11-13-23(36)14-12-22/h4-6,8-9,11-14,20,24,26-29,36H,7,10,15-19H2,1-3H3,(H,34,37)/t24-,26-,27+,28?,29?,32-,33+/m0/s1. The number of fused-ring (bicyclic) bond motifs is 5. The summed E-state index contributed by atoms with van der Waals surface area (Å²) in [5.74, 6) is 1.61. The fourth-order valence-corrected chi connectivity index (χ4v) is 8.93. The molecule has 0 aromatic heterocycles. The molecule has 1 heterocycles. The number of hydrogen-bond donors (Lipinski definition) is 2. The monoisotopic (exact) mass is 512 g/mol. The third kappa shape index (κ3) is 3.97. The Hall–Kier alpha value is -3.08. The number of hydrogen-bond acceptors (Lipinski definition) is 3. The molecular weight excluding hydrogens is 472 g/mol. The number of nitrogens with one attached hydrogen (secondary N) is 1. The van der Waals surface area contributed by atoms with Gasteiger partial charge in [-0.1, -0.05) is 68.8 Å². The number of carbonyl (C=O) groups excluding carboxylic acids is 2. The van der Waals surface area contributed by atoms with Crippen molar-refractivity contribution in [3.63, 3.8) is 0 Å². The Bertz CT molecular complexity index is 1250. The van der Waals surface area contributed by atoms with E-state index in [1.807, 2.05) is 54.4 Å². The van der Waals surface area contributed by atoms with Gasteiger partial charge in [-0.25, -0.2) is 0 Å². The van der Waals surface area contributed by atoms with Gasteiger partial charge in [0.05, 0.1) is 6.04 Å². The van der Waals surface area contributed by atoms with E-state index >= 15 is 0 Å². The smallest absolute Gasteiger partial charge is 0.259 e. The quantitative estimate of drug-likeness (QED) is 0.494. The maximum absolute atomic E-state index is 13.9. The first-order valence-corrected chi connectivity index (χ1v) is 14.4. The highest BCUT2D eigenvalue weighted by atomic mass is 16.3. The molecule has 6 rings (SSSR count).